The van der Waals surface area contributed by atoms with Gasteiger partial charge < -0.3 is 4.74 Å². The topological polar surface area (TPSA) is 65.3 Å². The van der Waals surface area contributed by atoms with Gasteiger partial charge in [-0.05, 0) is 12.1 Å². The summed E-state index contributed by atoms with van der Waals surface area (Å²) < 4.78 is 5.41. The molecule has 0 radical (unpaired) electrons. The molecule has 1 heterocycles. The Morgan fingerprint density at radius 2 is 2.11 bits per heavy atom. The molecule has 1 aromatic carbocycles. The maximum absolute atomic E-state index is 10.9. The highest BCUT2D eigenvalue weighted by Gasteiger charge is 2.15. The number of nitro benzene ring substituents is 1. The number of halogens is 2. The van der Waals surface area contributed by atoms with Crippen molar-refractivity contribution in [3.63, 3.8) is 0 Å². The lowest BCUT2D eigenvalue weighted by atomic mass is 10.2. The van der Waals surface area contributed by atoms with Gasteiger partial charge in [0.2, 0.25) is 0 Å². The Balaban J connectivity index is 2.22. The lowest BCUT2D eigenvalue weighted by Crippen LogP contribution is -2.00. The van der Waals surface area contributed by atoms with Gasteiger partial charge in [-0.15, -0.1) is 0 Å². The van der Waals surface area contributed by atoms with E-state index in [1.807, 2.05) is 0 Å². The van der Waals surface area contributed by atoms with E-state index in [2.05, 4.69) is 4.98 Å². The van der Waals surface area contributed by atoms with Crippen LogP contribution in [0.1, 0.15) is 5.56 Å². The molecule has 98 valence electrons. The molecular formula is C12H8Cl2N2O3. The molecule has 0 spiro atoms. The first kappa shape index (κ1) is 13.6. The number of ether oxygens (including phenoxy) is 1. The molecule has 0 amide bonds. The van der Waals surface area contributed by atoms with Crippen molar-refractivity contribution in [3.05, 3.63) is 62.4 Å². The number of hydrogen-bond donors (Lipinski definition) is 0. The number of pyridine rings is 1. The second-order valence-electron chi connectivity index (χ2n) is 3.62. The standard InChI is InChI=1S/C12H8Cl2N2O3/c13-9-1-2-11(16(17)18)12(5-9)19-7-8-3-4-15-6-10(8)14/h1-6H,7H2. The van der Waals surface area contributed by atoms with E-state index in [-0.39, 0.29) is 18.0 Å². The smallest absolute Gasteiger partial charge is 0.311 e. The van der Waals surface area contributed by atoms with E-state index in [1.54, 1.807) is 12.3 Å². The van der Waals surface area contributed by atoms with Crippen LogP contribution in [0.5, 0.6) is 5.75 Å². The Kier molecular flexibility index (Phi) is 4.19. The number of nitrogens with zero attached hydrogens (tertiary/aromatic N) is 2. The highest BCUT2D eigenvalue weighted by atomic mass is 35.5. The third-order valence-electron chi connectivity index (χ3n) is 2.36. The number of hydrogen-bond acceptors (Lipinski definition) is 4. The summed E-state index contributed by atoms with van der Waals surface area (Å²) in [5, 5.41) is 11.7. The summed E-state index contributed by atoms with van der Waals surface area (Å²) in [6, 6.07) is 5.81. The minimum atomic E-state index is -0.528. The van der Waals surface area contributed by atoms with Crippen LogP contribution in [0.15, 0.2) is 36.7 Å². The van der Waals surface area contributed by atoms with Gasteiger partial charge in [-0.1, -0.05) is 23.2 Å². The van der Waals surface area contributed by atoms with E-state index >= 15 is 0 Å². The highest BCUT2D eigenvalue weighted by molar-refractivity contribution is 6.31. The molecule has 0 aliphatic heterocycles. The van der Waals surface area contributed by atoms with Crippen LogP contribution >= 0.6 is 23.2 Å². The molecule has 0 N–H and O–H groups in total. The van der Waals surface area contributed by atoms with Crippen molar-refractivity contribution < 1.29 is 9.66 Å². The lowest BCUT2D eigenvalue weighted by Gasteiger charge is -2.08. The Hall–Kier alpha value is -1.85. The number of rotatable bonds is 4. The van der Waals surface area contributed by atoms with Crippen molar-refractivity contribution in [2.45, 2.75) is 6.61 Å². The molecule has 0 saturated carbocycles. The van der Waals surface area contributed by atoms with Gasteiger partial charge in [0.25, 0.3) is 0 Å². The van der Waals surface area contributed by atoms with Crippen LogP contribution in [-0.4, -0.2) is 9.91 Å². The van der Waals surface area contributed by atoms with Crippen LogP contribution in [0, 0.1) is 10.1 Å². The Labute approximate surface area is 118 Å². The average Bonchev–Trinajstić information content (AvgIpc) is 2.37. The Morgan fingerprint density at radius 3 is 2.79 bits per heavy atom. The SMILES string of the molecule is O=[N+]([O-])c1ccc(Cl)cc1OCc1ccncc1Cl. The zero-order valence-corrected chi connectivity index (χ0v) is 11.1. The van der Waals surface area contributed by atoms with Crippen molar-refractivity contribution in [1.82, 2.24) is 4.98 Å². The van der Waals surface area contributed by atoms with Crippen LogP contribution in [-0.2, 0) is 6.61 Å². The predicted octanol–water partition coefficient (Wildman–Crippen LogP) is 3.88. The summed E-state index contributed by atoms with van der Waals surface area (Å²) in [7, 11) is 0. The van der Waals surface area contributed by atoms with Gasteiger partial charge in [0.15, 0.2) is 5.75 Å². The number of benzene rings is 1. The van der Waals surface area contributed by atoms with Gasteiger partial charge in [0, 0.05) is 35.1 Å². The van der Waals surface area contributed by atoms with E-state index in [1.165, 1.54) is 24.4 Å². The van der Waals surface area contributed by atoms with Gasteiger partial charge in [-0.2, -0.15) is 0 Å². The molecule has 5 nitrogen and oxygen atoms in total. The second-order valence-corrected chi connectivity index (χ2v) is 4.47. The molecule has 0 aliphatic rings. The minimum absolute atomic E-state index is 0.0997. The third kappa shape index (κ3) is 3.33. The molecule has 0 fully saturated rings. The van der Waals surface area contributed by atoms with Crippen LogP contribution in [0.3, 0.4) is 0 Å². The molecule has 0 bridgehead atoms. The third-order valence-corrected chi connectivity index (χ3v) is 2.93. The summed E-state index contributed by atoms with van der Waals surface area (Å²) in [4.78, 5) is 14.2. The van der Waals surface area contributed by atoms with Crippen LogP contribution in [0.4, 0.5) is 5.69 Å². The monoisotopic (exact) mass is 298 g/mol. The second kappa shape index (κ2) is 5.86. The summed E-state index contributed by atoms with van der Waals surface area (Å²) in [6.45, 7) is 0.0997. The van der Waals surface area contributed by atoms with Crippen molar-refractivity contribution >= 4 is 28.9 Å². The normalized spacial score (nSPS) is 10.2. The number of aromatic nitrogens is 1. The van der Waals surface area contributed by atoms with E-state index < -0.39 is 4.92 Å². The fourth-order valence-corrected chi connectivity index (χ4v) is 1.77. The average molecular weight is 299 g/mol. The maximum Gasteiger partial charge on any atom is 0.311 e. The van der Waals surface area contributed by atoms with Crippen LogP contribution in [0.25, 0.3) is 0 Å². The van der Waals surface area contributed by atoms with E-state index in [9.17, 15) is 10.1 Å². The van der Waals surface area contributed by atoms with Crippen molar-refractivity contribution in [1.29, 1.82) is 0 Å². The molecule has 7 heteroatoms. The molecule has 2 aromatic rings. The molecular weight excluding hydrogens is 291 g/mol. The van der Waals surface area contributed by atoms with Gasteiger partial charge in [0.05, 0.1) is 9.95 Å². The highest BCUT2D eigenvalue weighted by Crippen LogP contribution is 2.31. The fraction of sp³-hybridized carbons (Fsp3) is 0.0833. The van der Waals surface area contributed by atoms with Crippen LogP contribution < -0.4 is 4.74 Å². The first-order valence-electron chi connectivity index (χ1n) is 5.23. The first-order valence-corrected chi connectivity index (χ1v) is 5.98. The van der Waals surface area contributed by atoms with Crippen molar-refractivity contribution in [2.75, 3.05) is 0 Å². The molecule has 2 rings (SSSR count). The quantitative estimate of drug-likeness (QED) is 0.635. The Bertz CT molecular complexity index is 620. The predicted molar refractivity (Wildman–Crippen MR) is 71.7 cm³/mol. The van der Waals surface area contributed by atoms with E-state index in [0.717, 1.165) is 0 Å². The number of nitro groups is 1. The molecule has 19 heavy (non-hydrogen) atoms. The Morgan fingerprint density at radius 1 is 1.32 bits per heavy atom. The van der Waals surface area contributed by atoms with Gasteiger partial charge in [-0.3, -0.25) is 15.1 Å². The zero-order valence-electron chi connectivity index (χ0n) is 9.55. The maximum atomic E-state index is 10.9. The van der Waals surface area contributed by atoms with Gasteiger partial charge in [0.1, 0.15) is 6.61 Å². The fourth-order valence-electron chi connectivity index (χ4n) is 1.43. The van der Waals surface area contributed by atoms with E-state index in [4.69, 9.17) is 27.9 Å². The van der Waals surface area contributed by atoms with Gasteiger partial charge in [-0.25, -0.2) is 0 Å². The minimum Gasteiger partial charge on any atom is -0.482 e. The molecule has 1 aromatic heterocycles. The largest absolute Gasteiger partial charge is 0.482 e. The zero-order chi connectivity index (χ0) is 13.8. The van der Waals surface area contributed by atoms with Crippen molar-refractivity contribution in [2.24, 2.45) is 0 Å². The molecule has 0 atom stereocenters. The lowest BCUT2D eigenvalue weighted by molar-refractivity contribution is -0.385. The van der Waals surface area contributed by atoms with Crippen molar-refractivity contribution in [3.8, 4) is 5.75 Å². The molecule has 0 unspecified atom stereocenters. The summed E-state index contributed by atoms with van der Waals surface area (Å²) in [5.41, 5.74) is 0.542. The summed E-state index contributed by atoms with van der Waals surface area (Å²) in [6.07, 6.45) is 3.05. The summed E-state index contributed by atoms with van der Waals surface area (Å²) >= 11 is 11.7. The van der Waals surface area contributed by atoms with Crippen LogP contribution in [0.2, 0.25) is 10.0 Å². The summed E-state index contributed by atoms with van der Waals surface area (Å²) in [5.74, 6) is 0.102. The molecule has 0 saturated heterocycles. The van der Waals surface area contributed by atoms with E-state index in [0.29, 0.717) is 15.6 Å². The van der Waals surface area contributed by atoms with Gasteiger partial charge >= 0.3 is 5.69 Å². The molecule has 0 aliphatic carbocycles. The first-order chi connectivity index (χ1) is 9.08.